The van der Waals surface area contributed by atoms with E-state index in [1.165, 1.54) is 30.7 Å². The maximum absolute atomic E-state index is 5.36. The molecule has 1 aromatic rings. The van der Waals surface area contributed by atoms with Crippen molar-refractivity contribution in [2.75, 3.05) is 44.8 Å². The Kier molecular flexibility index (Phi) is 10.4. The second kappa shape index (κ2) is 12.2. The fourth-order valence-corrected chi connectivity index (χ4v) is 5.17. The zero-order valence-electron chi connectivity index (χ0n) is 17.4. The summed E-state index contributed by atoms with van der Waals surface area (Å²) in [5.41, 5.74) is 0.348. The van der Waals surface area contributed by atoms with Crippen LogP contribution in [0.3, 0.4) is 0 Å². The fourth-order valence-electron chi connectivity index (χ4n) is 4.38. The largest absolute Gasteiger partial charge is 0.385 e. The van der Waals surface area contributed by atoms with Crippen molar-refractivity contribution in [1.82, 2.24) is 10.6 Å². The van der Waals surface area contributed by atoms with Gasteiger partial charge in [-0.1, -0.05) is 12.8 Å². The second-order valence-corrected chi connectivity index (χ2v) is 8.93. The number of methoxy groups -OCH3 is 1. The molecule has 160 valence electrons. The molecule has 0 radical (unpaired) electrons. The highest BCUT2D eigenvalue weighted by Gasteiger charge is 2.33. The van der Waals surface area contributed by atoms with E-state index in [-0.39, 0.29) is 24.0 Å². The molecule has 0 unspecified atom stereocenters. The van der Waals surface area contributed by atoms with Crippen LogP contribution in [-0.4, -0.2) is 51.9 Å². The first kappa shape index (κ1) is 23.7. The molecule has 3 rings (SSSR count). The number of piperidine rings is 1. The number of halogens is 1. The van der Waals surface area contributed by atoms with Gasteiger partial charge in [0, 0.05) is 45.9 Å². The normalized spacial score (nSPS) is 20.1. The summed E-state index contributed by atoms with van der Waals surface area (Å²) in [5, 5.41) is 10.7. The molecule has 2 aliphatic rings. The third-order valence-corrected chi connectivity index (χ3v) is 7.00. The van der Waals surface area contributed by atoms with Gasteiger partial charge in [0.05, 0.1) is 5.00 Å². The number of nitrogens with zero attached hydrogens (tertiary/aromatic N) is 2. The predicted octanol–water partition coefficient (Wildman–Crippen LogP) is 4.49. The highest BCUT2D eigenvalue weighted by Crippen LogP contribution is 2.41. The minimum atomic E-state index is 0. The van der Waals surface area contributed by atoms with E-state index in [0.717, 1.165) is 58.0 Å². The van der Waals surface area contributed by atoms with Crippen molar-refractivity contribution < 1.29 is 4.74 Å². The van der Waals surface area contributed by atoms with Gasteiger partial charge in [0.15, 0.2) is 5.96 Å². The Hall–Kier alpha value is -0.540. The second-order valence-electron chi connectivity index (χ2n) is 8.00. The first-order chi connectivity index (χ1) is 13.2. The van der Waals surface area contributed by atoms with Gasteiger partial charge in [-0.05, 0) is 62.0 Å². The number of hydrogen-bond acceptors (Lipinski definition) is 4. The minimum absolute atomic E-state index is 0. The van der Waals surface area contributed by atoms with Gasteiger partial charge in [-0.15, -0.1) is 35.3 Å². The van der Waals surface area contributed by atoms with Gasteiger partial charge in [-0.3, -0.25) is 4.99 Å². The smallest absolute Gasteiger partial charge is 0.191 e. The van der Waals surface area contributed by atoms with Crippen LogP contribution in [0.4, 0.5) is 5.00 Å². The first-order valence-electron chi connectivity index (χ1n) is 10.6. The van der Waals surface area contributed by atoms with Crippen molar-refractivity contribution in [3.8, 4) is 0 Å². The first-order valence-corrected chi connectivity index (χ1v) is 11.4. The Bertz CT molecular complexity index is 567. The minimum Gasteiger partial charge on any atom is -0.385 e. The maximum Gasteiger partial charge on any atom is 0.191 e. The van der Waals surface area contributed by atoms with Gasteiger partial charge in [0.1, 0.15) is 0 Å². The van der Waals surface area contributed by atoms with Crippen LogP contribution < -0.4 is 15.5 Å². The molecular weight excluding hydrogens is 483 g/mol. The lowest BCUT2D eigenvalue weighted by Gasteiger charge is -2.34. The zero-order chi connectivity index (χ0) is 19.0. The van der Waals surface area contributed by atoms with Crippen molar-refractivity contribution in [3.63, 3.8) is 0 Å². The van der Waals surface area contributed by atoms with Crippen LogP contribution in [0, 0.1) is 5.41 Å². The number of aliphatic imine (C=N–C) groups is 1. The molecule has 2 fully saturated rings. The summed E-state index contributed by atoms with van der Waals surface area (Å²) in [7, 11) is 1.81. The number of ether oxygens (including phenoxy) is 1. The molecule has 2 N–H and O–H groups in total. The molecule has 0 atom stereocenters. The molecule has 0 bridgehead atoms. The Morgan fingerprint density at radius 1 is 1.32 bits per heavy atom. The van der Waals surface area contributed by atoms with Gasteiger partial charge in [0.2, 0.25) is 0 Å². The molecule has 5 nitrogen and oxygen atoms in total. The average molecular weight is 521 g/mol. The van der Waals surface area contributed by atoms with Gasteiger partial charge >= 0.3 is 0 Å². The summed E-state index contributed by atoms with van der Waals surface area (Å²) in [4.78, 5) is 7.52. The molecule has 1 aliphatic carbocycles. The predicted molar refractivity (Wildman–Crippen MR) is 131 cm³/mol. The Labute approximate surface area is 191 Å². The van der Waals surface area contributed by atoms with E-state index in [1.54, 1.807) is 7.11 Å². The highest BCUT2D eigenvalue weighted by atomic mass is 127. The van der Waals surface area contributed by atoms with Gasteiger partial charge in [-0.25, -0.2) is 0 Å². The number of thiophene rings is 1. The molecule has 0 aromatic carbocycles. The van der Waals surface area contributed by atoms with Crippen LogP contribution in [0.15, 0.2) is 22.5 Å². The monoisotopic (exact) mass is 520 g/mol. The summed E-state index contributed by atoms with van der Waals surface area (Å²) in [5.74, 6) is 0.996. The van der Waals surface area contributed by atoms with Crippen LogP contribution >= 0.6 is 35.3 Å². The SMILES string of the molecule is CCNC(=NCC1(CCOC)CCCC1)NC1CCN(c2cccs2)CC1.I. The Morgan fingerprint density at radius 3 is 2.68 bits per heavy atom. The quantitative estimate of drug-likeness (QED) is 0.302. The fraction of sp³-hybridized carbons (Fsp3) is 0.762. The molecule has 28 heavy (non-hydrogen) atoms. The summed E-state index contributed by atoms with van der Waals surface area (Å²) in [6.45, 7) is 7.06. The van der Waals surface area contributed by atoms with E-state index in [9.17, 15) is 0 Å². The van der Waals surface area contributed by atoms with Crippen molar-refractivity contribution in [2.24, 2.45) is 10.4 Å². The van der Waals surface area contributed by atoms with E-state index < -0.39 is 0 Å². The van der Waals surface area contributed by atoms with E-state index in [4.69, 9.17) is 9.73 Å². The number of anilines is 1. The van der Waals surface area contributed by atoms with Gasteiger partial charge in [-0.2, -0.15) is 0 Å². The third-order valence-electron chi connectivity index (χ3n) is 6.07. The summed E-state index contributed by atoms with van der Waals surface area (Å²) >= 11 is 1.84. The Balaban J connectivity index is 0.00000280. The topological polar surface area (TPSA) is 48.9 Å². The molecule has 1 aliphatic heterocycles. The molecule has 1 aromatic heterocycles. The van der Waals surface area contributed by atoms with E-state index >= 15 is 0 Å². The molecule has 1 saturated heterocycles. The summed E-state index contributed by atoms with van der Waals surface area (Å²) < 4.78 is 5.36. The van der Waals surface area contributed by atoms with Crippen LogP contribution in [0.5, 0.6) is 0 Å². The van der Waals surface area contributed by atoms with Crippen molar-refractivity contribution in [1.29, 1.82) is 0 Å². The standard InChI is InChI=1S/C21H36N4OS.HI/c1-3-22-20(23-17-21(12-15-26-2)10-4-5-11-21)24-18-8-13-25(14-9-18)19-7-6-16-27-19;/h6-7,16,18H,3-5,8-15,17H2,1-2H3,(H2,22,23,24);1H. The van der Waals surface area contributed by atoms with Gasteiger partial charge < -0.3 is 20.3 Å². The third kappa shape index (κ3) is 6.76. The average Bonchev–Trinajstić information content (AvgIpc) is 3.38. The lowest BCUT2D eigenvalue weighted by molar-refractivity contribution is 0.141. The highest BCUT2D eigenvalue weighted by molar-refractivity contribution is 14.0. The number of guanidine groups is 1. The maximum atomic E-state index is 5.36. The van der Waals surface area contributed by atoms with E-state index in [0.29, 0.717) is 11.5 Å². The lowest BCUT2D eigenvalue weighted by Crippen LogP contribution is -2.49. The van der Waals surface area contributed by atoms with Gasteiger partial charge in [0.25, 0.3) is 0 Å². The van der Waals surface area contributed by atoms with Crippen LogP contribution in [0.1, 0.15) is 51.9 Å². The molecule has 0 amide bonds. The number of nitrogens with one attached hydrogen (secondary N) is 2. The number of hydrogen-bond donors (Lipinski definition) is 2. The molecule has 7 heteroatoms. The summed E-state index contributed by atoms with van der Waals surface area (Å²) in [6, 6.07) is 4.88. The Morgan fingerprint density at radius 2 is 2.07 bits per heavy atom. The van der Waals surface area contributed by atoms with Crippen molar-refractivity contribution in [2.45, 2.75) is 57.9 Å². The van der Waals surface area contributed by atoms with E-state index in [2.05, 4.69) is 40.0 Å². The molecule has 0 spiro atoms. The molecule has 1 saturated carbocycles. The summed E-state index contributed by atoms with van der Waals surface area (Å²) in [6.07, 6.45) is 8.71. The molecule has 2 heterocycles. The van der Waals surface area contributed by atoms with Crippen LogP contribution in [0.2, 0.25) is 0 Å². The number of rotatable bonds is 8. The van der Waals surface area contributed by atoms with Crippen LogP contribution in [-0.2, 0) is 4.74 Å². The van der Waals surface area contributed by atoms with Crippen LogP contribution in [0.25, 0.3) is 0 Å². The molecular formula is C21H37IN4OS. The van der Waals surface area contributed by atoms with E-state index in [1.807, 2.05) is 11.3 Å². The van der Waals surface area contributed by atoms with Crippen molar-refractivity contribution >= 4 is 46.3 Å². The lowest BCUT2D eigenvalue weighted by atomic mass is 9.83. The van der Waals surface area contributed by atoms with Crippen molar-refractivity contribution in [3.05, 3.63) is 17.5 Å². The zero-order valence-corrected chi connectivity index (χ0v) is 20.6.